The number of halogens is 2. The zero-order valence-electron chi connectivity index (χ0n) is 14.2. The van der Waals surface area contributed by atoms with Gasteiger partial charge in [-0.2, -0.15) is 0 Å². The molecule has 2 aliphatic rings. The lowest BCUT2D eigenvalue weighted by Gasteiger charge is -2.29. The summed E-state index contributed by atoms with van der Waals surface area (Å²) in [5.41, 5.74) is -0.0249. The number of aromatic nitrogens is 1. The van der Waals surface area contributed by atoms with Crippen LogP contribution in [0, 0.1) is 11.6 Å². The van der Waals surface area contributed by atoms with E-state index in [9.17, 15) is 13.6 Å². The van der Waals surface area contributed by atoms with Gasteiger partial charge in [0.05, 0.1) is 25.4 Å². The first-order chi connectivity index (χ1) is 13.1. The van der Waals surface area contributed by atoms with Gasteiger partial charge in [-0.15, -0.1) is 0 Å². The van der Waals surface area contributed by atoms with E-state index in [-0.39, 0.29) is 17.9 Å². The van der Waals surface area contributed by atoms with Crippen LogP contribution < -0.4 is 9.80 Å². The summed E-state index contributed by atoms with van der Waals surface area (Å²) in [4.78, 5) is 18.9. The Morgan fingerprint density at radius 2 is 1.96 bits per heavy atom. The maximum atomic E-state index is 14.6. The summed E-state index contributed by atoms with van der Waals surface area (Å²) in [6.07, 6.45) is 1.38. The summed E-state index contributed by atoms with van der Waals surface area (Å²) in [7, 11) is 0. The van der Waals surface area contributed by atoms with Gasteiger partial charge in [-0.05, 0) is 0 Å². The number of cyclic esters (lactones) is 1. The maximum Gasteiger partial charge on any atom is 0.415 e. The van der Waals surface area contributed by atoms with Crippen LogP contribution in [0.1, 0.15) is 0 Å². The van der Waals surface area contributed by atoms with Gasteiger partial charge in [0.2, 0.25) is 0 Å². The zero-order valence-corrected chi connectivity index (χ0v) is 14.2. The molecule has 4 rings (SSSR count). The molecule has 2 aromatic rings. The van der Waals surface area contributed by atoms with E-state index < -0.39 is 23.8 Å². The van der Waals surface area contributed by atoms with Gasteiger partial charge in [0.25, 0.3) is 0 Å². The predicted molar refractivity (Wildman–Crippen MR) is 91.7 cm³/mol. The second-order valence-electron chi connectivity index (χ2n) is 6.03. The third-order valence-electron chi connectivity index (χ3n) is 4.27. The molecule has 1 aromatic carbocycles. The van der Waals surface area contributed by atoms with Crippen LogP contribution in [0.5, 0.6) is 0 Å². The summed E-state index contributed by atoms with van der Waals surface area (Å²) in [6.45, 7) is 1.70. The Balaban J connectivity index is 1.52. The van der Waals surface area contributed by atoms with E-state index in [0.717, 1.165) is 17.0 Å². The molecule has 1 atom stereocenters. The summed E-state index contributed by atoms with van der Waals surface area (Å²) in [5.74, 6) is -1.14. The number of carbonyl (C=O) groups is 1. The fourth-order valence-electron chi connectivity index (χ4n) is 3.00. The molecule has 8 nitrogen and oxygen atoms in total. The average Bonchev–Trinajstić information content (AvgIpc) is 3.29. The number of morpholine rings is 1. The summed E-state index contributed by atoms with van der Waals surface area (Å²) >= 11 is 0. The second kappa shape index (κ2) is 7.31. The highest BCUT2D eigenvalue weighted by Crippen LogP contribution is 2.31. The molecule has 0 unspecified atom stereocenters. The van der Waals surface area contributed by atoms with Gasteiger partial charge in [-0.3, -0.25) is 4.90 Å². The van der Waals surface area contributed by atoms with Crippen LogP contribution in [0.4, 0.5) is 30.8 Å². The fraction of sp³-hybridized carbons (Fsp3) is 0.353. The molecule has 2 saturated heterocycles. The van der Waals surface area contributed by atoms with Crippen LogP contribution in [0.3, 0.4) is 0 Å². The monoisotopic (exact) mass is 378 g/mol. The highest BCUT2D eigenvalue weighted by molar-refractivity contribution is 5.93. The fourth-order valence-corrected chi connectivity index (χ4v) is 3.00. The van der Waals surface area contributed by atoms with Crippen molar-refractivity contribution in [3.8, 4) is 0 Å². The number of amides is 1. The number of carbonyl (C=O) groups excluding carboxylic acids is 1. The standard InChI is InChI=1S/C17H16F2N4O4/c18-13-7-11(8-14(19)16(13)22-2-5-25-6-3-22)23-10-12(27-17(23)24)9-20-15-1-4-26-21-15/h1,4,7-9,12H,2-3,5-6,10H2/b20-9+/t12-/m0/s1. The molecule has 2 aliphatic heterocycles. The second-order valence-corrected chi connectivity index (χ2v) is 6.03. The number of rotatable bonds is 4. The normalized spacial score (nSPS) is 20.5. The Morgan fingerprint density at radius 1 is 1.22 bits per heavy atom. The molecule has 1 aromatic heterocycles. The van der Waals surface area contributed by atoms with Crippen molar-refractivity contribution >= 4 is 29.5 Å². The lowest BCUT2D eigenvalue weighted by molar-refractivity contribution is 0.122. The van der Waals surface area contributed by atoms with Gasteiger partial charge >= 0.3 is 6.09 Å². The third kappa shape index (κ3) is 3.61. The molecule has 0 spiro atoms. The average molecular weight is 378 g/mol. The molecule has 0 radical (unpaired) electrons. The van der Waals surface area contributed by atoms with E-state index >= 15 is 0 Å². The van der Waals surface area contributed by atoms with Crippen molar-refractivity contribution in [2.45, 2.75) is 6.10 Å². The molecule has 2 fully saturated rings. The molecular formula is C17H16F2N4O4. The van der Waals surface area contributed by atoms with Crippen LogP contribution in [0.25, 0.3) is 0 Å². The van der Waals surface area contributed by atoms with Gasteiger partial charge in [0.15, 0.2) is 23.6 Å². The number of anilines is 2. The molecule has 27 heavy (non-hydrogen) atoms. The van der Waals surface area contributed by atoms with E-state index in [1.165, 1.54) is 12.5 Å². The van der Waals surface area contributed by atoms with Crippen LogP contribution in [-0.2, 0) is 9.47 Å². The Bertz CT molecular complexity index is 830. The number of benzene rings is 1. The van der Waals surface area contributed by atoms with Crippen molar-refractivity contribution in [1.29, 1.82) is 0 Å². The number of hydrogen-bond acceptors (Lipinski definition) is 7. The number of ether oxygens (including phenoxy) is 2. The van der Waals surface area contributed by atoms with E-state index in [1.807, 2.05) is 0 Å². The van der Waals surface area contributed by atoms with Crippen LogP contribution in [-0.4, -0.2) is 56.4 Å². The minimum absolute atomic E-state index is 0.0793. The van der Waals surface area contributed by atoms with E-state index in [2.05, 4.69) is 14.7 Å². The largest absolute Gasteiger partial charge is 0.438 e. The maximum absolute atomic E-state index is 14.6. The van der Waals surface area contributed by atoms with Crippen molar-refractivity contribution in [3.05, 3.63) is 36.1 Å². The number of nitrogens with zero attached hydrogens (tertiary/aromatic N) is 4. The molecule has 0 saturated carbocycles. The van der Waals surface area contributed by atoms with Gasteiger partial charge in [0, 0.05) is 37.5 Å². The topological polar surface area (TPSA) is 80.4 Å². The SMILES string of the molecule is O=C1O[C@@H](/C=N/c2ccon2)CN1c1cc(F)c(N2CCOCC2)c(F)c1. The molecule has 3 heterocycles. The minimum Gasteiger partial charge on any atom is -0.438 e. The zero-order chi connectivity index (χ0) is 18.8. The first-order valence-corrected chi connectivity index (χ1v) is 8.36. The molecule has 1 amide bonds. The lowest BCUT2D eigenvalue weighted by atomic mass is 10.2. The predicted octanol–water partition coefficient (Wildman–Crippen LogP) is 2.52. The van der Waals surface area contributed by atoms with Crippen molar-refractivity contribution in [3.63, 3.8) is 0 Å². The molecule has 0 bridgehead atoms. The van der Waals surface area contributed by atoms with E-state index in [4.69, 9.17) is 9.47 Å². The van der Waals surface area contributed by atoms with Gasteiger partial charge in [0.1, 0.15) is 12.0 Å². The van der Waals surface area contributed by atoms with Gasteiger partial charge in [-0.25, -0.2) is 18.6 Å². The van der Waals surface area contributed by atoms with Crippen molar-refractivity contribution in [2.24, 2.45) is 4.99 Å². The Labute approximate surface area is 152 Å². The summed E-state index contributed by atoms with van der Waals surface area (Å²) < 4.78 is 44.1. The Morgan fingerprint density at radius 3 is 2.63 bits per heavy atom. The third-order valence-corrected chi connectivity index (χ3v) is 4.27. The van der Waals surface area contributed by atoms with Crippen LogP contribution >= 0.6 is 0 Å². The molecule has 0 N–H and O–H groups in total. The smallest absolute Gasteiger partial charge is 0.415 e. The minimum atomic E-state index is -0.737. The molecular weight excluding hydrogens is 362 g/mol. The van der Waals surface area contributed by atoms with Crippen molar-refractivity contribution in [1.82, 2.24) is 5.16 Å². The highest BCUT2D eigenvalue weighted by atomic mass is 19.1. The first kappa shape index (κ1) is 17.4. The number of hydrogen-bond donors (Lipinski definition) is 0. The lowest BCUT2D eigenvalue weighted by Crippen LogP contribution is -2.37. The van der Waals surface area contributed by atoms with Crippen LogP contribution in [0.2, 0.25) is 0 Å². The summed E-state index contributed by atoms with van der Waals surface area (Å²) in [5, 5.41) is 3.61. The number of aliphatic imine (C=N–C) groups is 1. The van der Waals surface area contributed by atoms with E-state index in [1.54, 1.807) is 11.0 Å². The molecule has 10 heteroatoms. The quantitative estimate of drug-likeness (QED) is 0.761. The Hall–Kier alpha value is -3.01. The highest BCUT2D eigenvalue weighted by Gasteiger charge is 2.33. The van der Waals surface area contributed by atoms with E-state index in [0.29, 0.717) is 32.1 Å². The first-order valence-electron chi connectivity index (χ1n) is 8.36. The Kier molecular flexibility index (Phi) is 4.71. The van der Waals surface area contributed by atoms with Crippen LogP contribution in [0.15, 0.2) is 34.0 Å². The van der Waals surface area contributed by atoms with Crippen molar-refractivity contribution < 1.29 is 27.6 Å². The molecule has 142 valence electrons. The van der Waals surface area contributed by atoms with Crippen molar-refractivity contribution in [2.75, 3.05) is 42.6 Å². The molecule has 0 aliphatic carbocycles. The van der Waals surface area contributed by atoms with Gasteiger partial charge in [-0.1, -0.05) is 5.16 Å². The summed E-state index contributed by atoms with van der Waals surface area (Å²) in [6, 6.07) is 3.80. The van der Waals surface area contributed by atoms with Gasteiger partial charge < -0.3 is 18.9 Å².